The van der Waals surface area contributed by atoms with E-state index in [1.54, 1.807) is 7.11 Å². The number of hydrogen-bond donors (Lipinski definition) is 1. The Morgan fingerprint density at radius 2 is 2.18 bits per heavy atom. The topological polar surface area (TPSA) is 58.6 Å². The van der Waals surface area contributed by atoms with Crippen LogP contribution in [0.2, 0.25) is 0 Å². The molecule has 2 aliphatic rings. The molecule has 2 unspecified atom stereocenters. The van der Waals surface area contributed by atoms with Gasteiger partial charge >= 0.3 is 0 Å². The van der Waals surface area contributed by atoms with Gasteiger partial charge in [-0.1, -0.05) is 6.92 Å². The van der Waals surface area contributed by atoms with Crippen LogP contribution < -0.4 is 5.32 Å². The molecule has 17 heavy (non-hydrogen) atoms. The number of nitrogens with zero attached hydrogens (tertiary/aromatic N) is 1. The minimum absolute atomic E-state index is 0.0257. The van der Waals surface area contributed by atoms with Gasteiger partial charge in [0.2, 0.25) is 11.8 Å². The highest BCUT2D eigenvalue weighted by Crippen LogP contribution is 2.31. The van der Waals surface area contributed by atoms with Crippen molar-refractivity contribution in [2.45, 2.75) is 50.7 Å². The Morgan fingerprint density at radius 3 is 2.71 bits per heavy atom. The molecule has 1 aliphatic heterocycles. The first-order valence-electron chi connectivity index (χ1n) is 6.28. The Bertz CT molecular complexity index is 315. The fourth-order valence-corrected chi connectivity index (χ4v) is 2.27. The van der Waals surface area contributed by atoms with Crippen LogP contribution in [-0.2, 0) is 14.3 Å². The fourth-order valence-electron chi connectivity index (χ4n) is 2.27. The van der Waals surface area contributed by atoms with Gasteiger partial charge in [-0.15, -0.1) is 0 Å². The number of rotatable bonds is 6. The van der Waals surface area contributed by atoms with Crippen LogP contribution in [-0.4, -0.2) is 48.6 Å². The smallest absolute Gasteiger partial charge is 0.247 e. The molecule has 0 aromatic carbocycles. The second kappa shape index (κ2) is 5.14. The molecule has 96 valence electrons. The van der Waals surface area contributed by atoms with Crippen LogP contribution in [0.3, 0.4) is 0 Å². The van der Waals surface area contributed by atoms with Crippen molar-refractivity contribution in [3.05, 3.63) is 0 Å². The normalized spacial score (nSPS) is 26.7. The predicted octanol–water partition coefficient (Wildman–Crippen LogP) is 0.291. The second-order valence-corrected chi connectivity index (χ2v) is 4.82. The average molecular weight is 240 g/mol. The van der Waals surface area contributed by atoms with Crippen molar-refractivity contribution in [1.82, 2.24) is 10.2 Å². The van der Waals surface area contributed by atoms with Crippen molar-refractivity contribution in [1.29, 1.82) is 0 Å². The highest BCUT2D eigenvalue weighted by Gasteiger charge is 2.46. The zero-order valence-electron chi connectivity index (χ0n) is 10.4. The predicted molar refractivity (Wildman–Crippen MR) is 62.4 cm³/mol. The van der Waals surface area contributed by atoms with Gasteiger partial charge in [0.15, 0.2) is 0 Å². The summed E-state index contributed by atoms with van der Waals surface area (Å²) in [4.78, 5) is 25.2. The minimum Gasteiger partial charge on any atom is -0.383 e. The van der Waals surface area contributed by atoms with Gasteiger partial charge in [0, 0.05) is 19.2 Å². The van der Waals surface area contributed by atoms with Gasteiger partial charge in [-0.25, -0.2) is 0 Å². The standard InChI is InChI=1S/C12H20N2O3/c1-3-8(7-17-2)13-10-6-11(15)14(12(10)16)9-4-5-9/h8-10,13H,3-7H2,1-2H3. The van der Waals surface area contributed by atoms with Crippen LogP contribution in [0.25, 0.3) is 0 Å². The fraction of sp³-hybridized carbons (Fsp3) is 0.833. The third-order valence-corrected chi connectivity index (χ3v) is 3.39. The maximum Gasteiger partial charge on any atom is 0.247 e. The van der Waals surface area contributed by atoms with E-state index in [4.69, 9.17) is 4.74 Å². The van der Waals surface area contributed by atoms with Crippen LogP contribution >= 0.6 is 0 Å². The van der Waals surface area contributed by atoms with Crippen LogP contribution in [0.5, 0.6) is 0 Å². The largest absolute Gasteiger partial charge is 0.383 e. The molecule has 1 heterocycles. The molecule has 0 radical (unpaired) electrons. The highest BCUT2D eigenvalue weighted by molar-refractivity contribution is 6.06. The van der Waals surface area contributed by atoms with E-state index in [2.05, 4.69) is 5.32 Å². The number of amides is 2. The summed E-state index contributed by atoms with van der Waals surface area (Å²) in [5.41, 5.74) is 0. The van der Waals surface area contributed by atoms with Crippen LogP contribution in [0.1, 0.15) is 32.6 Å². The van der Waals surface area contributed by atoms with Crippen LogP contribution in [0.4, 0.5) is 0 Å². The molecule has 0 bridgehead atoms. The Hall–Kier alpha value is -0.940. The average Bonchev–Trinajstić information content (AvgIpc) is 3.07. The number of ether oxygens (including phenoxy) is 1. The SMILES string of the molecule is CCC(COC)NC1CC(=O)N(C2CC2)C1=O. The molecule has 2 rings (SSSR count). The van der Waals surface area contributed by atoms with Crippen molar-refractivity contribution >= 4 is 11.8 Å². The van der Waals surface area contributed by atoms with Crippen molar-refractivity contribution in [2.75, 3.05) is 13.7 Å². The number of imide groups is 1. The molecular weight excluding hydrogens is 220 g/mol. The Kier molecular flexibility index (Phi) is 3.79. The van der Waals surface area contributed by atoms with E-state index in [1.165, 1.54) is 4.90 Å². The number of likely N-dealkylation sites (tertiary alicyclic amines) is 1. The maximum absolute atomic E-state index is 12.1. The summed E-state index contributed by atoms with van der Waals surface area (Å²) in [6.45, 7) is 2.61. The van der Waals surface area contributed by atoms with Crippen molar-refractivity contribution < 1.29 is 14.3 Å². The van der Waals surface area contributed by atoms with Gasteiger partial charge in [-0.3, -0.25) is 14.5 Å². The number of nitrogens with one attached hydrogen (secondary N) is 1. The summed E-state index contributed by atoms with van der Waals surface area (Å²) in [6.07, 6.45) is 3.13. The molecule has 0 spiro atoms. The Balaban J connectivity index is 1.93. The molecule has 1 saturated heterocycles. The maximum atomic E-state index is 12.1. The zero-order valence-corrected chi connectivity index (χ0v) is 10.4. The van der Waals surface area contributed by atoms with E-state index in [1.807, 2.05) is 6.92 Å². The first kappa shape index (κ1) is 12.5. The van der Waals surface area contributed by atoms with E-state index in [9.17, 15) is 9.59 Å². The highest BCUT2D eigenvalue weighted by atomic mass is 16.5. The lowest BCUT2D eigenvalue weighted by molar-refractivity contribution is -0.139. The van der Waals surface area contributed by atoms with E-state index < -0.39 is 0 Å². The van der Waals surface area contributed by atoms with Gasteiger partial charge in [-0.2, -0.15) is 0 Å². The van der Waals surface area contributed by atoms with Gasteiger partial charge in [-0.05, 0) is 19.3 Å². The van der Waals surface area contributed by atoms with E-state index in [0.717, 1.165) is 19.3 Å². The molecule has 5 heteroatoms. The molecular formula is C12H20N2O3. The molecule has 1 saturated carbocycles. The molecule has 1 aliphatic carbocycles. The third kappa shape index (κ3) is 2.66. The van der Waals surface area contributed by atoms with E-state index >= 15 is 0 Å². The lowest BCUT2D eigenvalue weighted by atomic mass is 10.1. The van der Waals surface area contributed by atoms with Gasteiger partial charge in [0.25, 0.3) is 0 Å². The van der Waals surface area contributed by atoms with Crippen molar-refractivity contribution in [3.63, 3.8) is 0 Å². The van der Waals surface area contributed by atoms with Crippen LogP contribution in [0, 0.1) is 0 Å². The Morgan fingerprint density at radius 1 is 1.47 bits per heavy atom. The zero-order chi connectivity index (χ0) is 12.4. The Labute approximate surface area is 101 Å². The molecule has 0 aromatic rings. The quantitative estimate of drug-likeness (QED) is 0.678. The van der Waals surface area contributed by atoms with E-state index in [-0.39, 0.29) is 29.9 Å². The van der Waals surface area contributed by atoms with Crippen molar-refractivity contribution in [2.24, 2.45) is 0 Å². The number of methoxy groups -OCH3 is 1. The summed E-state index contributed by atoms with van der Waals surface area (Å²) in [6, 6.07) is -0.0200. The third-order valence-electron chi connectivity index (χ3n) is 3.39. The lowest BCUT2D eigenvalue weighted by Crippen LogP contribution is -2.45. The van der Waals surface area contributed by atoms with Gasteiger partial charge in [0.05, 0.1) is 19.1 Å². The van der Waals surface area contributed by atoms with Crippen molar-refractivity contribution in [3.8, 4) is 0 Å². The number of carbonyl (C=O) groups is 2. The molecule has 2 atom stereocenters. The lowest BCUT2D eigenvalue weighted by Gasteiger charge is -2.20. The first-order valence-corrected chi connectivity index (χ1v) is 6.28. The number of carbonyl (C=O) groups excluding carboxylic acids is 2. The summed E-state index contributed by atoms with van der Waals surface area (Å²) in [5.74, 6) is -0.0747. The summed E-state index contributed by atoms with van der Waals surface area (Å²) in [5, 5.41) is 3.22. The minimum atomic E-state index is -0.344. The summed E-state index contributed by atoms with van der Waals surface area (Å²) >= 11 is 0. The van der Waals surface area contributed by atoms with Gasteiger partial charge in [0.1, 0.15) is 0 Å². The van der Waals surface area contributed by atoms with Crippen LogP contribution in [0.15, 0.2) is 0 Å². The second-order valence-electron chi connectivity index (χ2n) is 4.82. The molecule has 1 N–H and O–H groups in total. The van der Waals surface area contributed by atoms with E-state index in [0.29, 0.717) is 13.0 Å². The summed E-state index contributed by atoms with van der Waals surface area (Å²) in [7, 11) is 1.64. The molecule has 2 fully saturated rings. The first-order chi connectivity index (χ1) is 8.17. The summed E-state index contributed by atoms with van der Waals surface area (Å²) < 4.78 is 5.08. The molecule has 2 amide bonds. The number of hydrogen-bond acceptors (Lipinski definition) is 4. The van der Waals surface area contributed by atoms with Gasteiger partial charge < -0.3 is 10.1 Å². The molecule has 5 nitrogen and oxygen atoms in total. The monoisotopic (exact) mass is 240 g/mol. The molecule has 0 aromatic heterocycles.